The van der Waals surface area contributed by atoms with Gasteiger partial charge in [-0.1, -0.05) is 26.3 Å². The molecule has 7 N–H and O–H groups in total. The van der Waals surface area contributed by atoms with Crippen molar-refractivity contribution in [1.29, 1.82) is 5.41 Å². The summed E-state index contributed by atoms with van der Waals surface area (Å²) in [6.07, 6.45) is 5.66. The molecule has 10 heteroatoms. The van der Waals surface area contributed by atoms with Crippen LogP contribution >= 0.6 is 0 Å². The van der Waals surface area contributed by atoms with Crippen molar-refractivity contribution < 1.29 is 9.59 Å². The van der Waals surface area contributed by atoms with Crippen molar-refractivity contribution in [2.75, 3.05) is 44.0 Å². The normalized spacial score (nSPS) is 12.3. The van der Waals surface area contributed by atoms with Crippen LogP contribution < -0.4 is 22.1 Å². The monoisotopic (exact) mass is 484 g/mol. The van der Waals surface area contributed by atoms with Gasteiger partial charge in [0.1, 0.15) is 23.7 Å². The van der Waals surface area contributed by atoms with Gasteiger partial charge in [0, 0.05) is 19.8 Å². The van der Waals surface area contributed by atoms with Crippen molar-refractivity contribution in [3.8, 4) is 0 Å². The number of piperidine rings is 1. The van der Waals surface area contributed by atoms with Gasteiger partial charge in [-0.25, -0.2) is 9.97 Å². The highest BCUT2D eigenvalue weighted by Gasteiger charge is 2.20. The zero-order valence-electron chi connectivity index (χ0n) is 21.8. The molecule has 1 saturated heterocycles. The Bertz CT molecular complexity index is 985. The molecule has 2 amide bonds. The number of carbonyl (C=O) groups is 2. The van der Waals surface area contributed by atoms with E-state index in [0.29, 0.717) is 5.69 Å². The number of nitrogens with two attached hydrogens (primary N) is 2. The van der Waals surface area contributed by atoms with E-state index in [1.165, 1.54) is 43.6 Å². The number of nitrogen functional groups attached to an aromatic ring is 2. The Morgan fingerprint density at radius 2 is 1.60 bits per heavy atom. The molecule has 1 aromatic heterocycles. The van der Waals surface area contributed by atoms with Gasteiger partial charge in [0.25, 0.3) is 5.91 Å². The molecule has 0 atom stereocenters. The summed E-state index contributed by atoms with van der Waals surface area (Å²) in [5.41, 5.74) is 14.1. The van der Waals surface area contributed by atoms with Crippen molar-refractivity contribution in [2.45, 2.75) is 53.4 Å². The average molecular weight is 485 g/mol. The fraction of sp³-hybridized carbons (Fsp3) is 0.480. The minimum Gasteiger partial charge on any atom is -0.383 e. The van der Waals surface area contributed by atoms with Gasteiger partial charge in [0.15, 0.2) is 0 Å². The van der Waals surface area contributed by atoms with Gasteiger partial charge in [-0.15, -0.1) is 0 Å². The predicted octanol–water partition coefficient (Wildman–Crippen LogP) is 2.68. The number of rotatable bonds is 5. The highest BCUT2D eigenvalue weighted by atomic mass is 16.2. The van der Waals surface area contributed by atoms with E-state index in [9.17, 15) is 9.59 Å². The molecule has 0 spiro atoms. The number of benzene rings is 1. The van der Waals surface area contributed by atoms with E-state index in [2.05, 4.69) is 20.6 Å². The number of likely N-dealkylation sites (N-methyl/N-ethyl adjacent to an activating group) is 1. The van der Waals surface area contributed by atoms with Crippen molar-refractivity contribution in [3.63, 3.8) is 0 Å². The number of carbonyl (C=O) groups excluding carboxylic acids is 2. The molecule has 1 aromatic carbocycles. The molecule has 10 nitrogen and oxygen atoms in total. The third-order valence-corrected chi connectivity index (χ3v) is 5.58. The van der Waals surface area contributed by atoms with E-state index >= 15 is 0 Å². The summed E-state index contributed by atoms with van der Waals surface area (Å²) < 4.78 is 0. The van der Waals surface area contributed by atoms with Crippen LogP contribution in [0.4, 0.5) is 17.3 Å². The Hall–Kier alpha value is -3.53. The van der Waals surface area contributed by atoms with Crippen LogP contribution in [0.5, 0.6) is 0 Å². The first kappa shape index (κ1) is 29.5. The molecular weight excluding hydrogens is 444 g/mol. The second-order valence-corrected chi connectivity index (χ2v) is 8.15. The standard InChI is InChI=1S/C18H23N7O2.C5H11N.C2H6/c1-9-10(2)12(6-5-11(9)7-13(26)25(3)4)24-18(27)15(19)14-16(20)22-8-23-17(14)21;1-2-4-6-5-3-1;1-2/h5-6,8,19H,7H2,1-4H3,(H,24,27)(H4,20,21,22,23);6H,1-5H2;1-2H3. The van der Waals surface area contributed by atoms with Gasteiger partial charge in [-0.3, -0.25) is 15.0 Å². The van der Waals surface area contributed by atoms with E-state index in [1.54, 1.807) is 26.2 Å². The van der Waals surface area contributed by atoms with E-state index in [0.717, 1.165) is 16.7 Å². The Balaban J connectivity index is 0.000000654. The number of amides is 2. The van der Waals surface area contributed by atoms with Crippen molar-refractivity contribution in [2.24, 2.45) is 0 Å². The maximum Gasteiger partial charge on any atom is 0.274 e. The van der Waals surface area contributed by atoms with Gasteiger partial charge in [0.2, 0.25) is 5.91 Å². The lowest BCUT2D eigenvalue weighted by Crippen LogP contribution is -2.26. The quantitative estimate of drug-likeness (QED) is 0.407. The molecule has 1 aliphatic rings. The highest BCUT2D eigenvalue weighted by Crippen LogP contribution is 2.24. The number of anilines is 3. The SMILES string of the molecule is C1CCNCC1.CC.Cc1c(CC(=O)N(C)C)ccc(NC(=O)C(=N)c2c(N)ncnc2N)c1C. The second kappa shape index (κ2) is 14.7. The smallest absolute Gasteiger partial charge is 0.274 e. The Labute approximate surface area is 208 Å². The maximum atomic E-state index is 12.5. The molecule has 192 valence electrons. The lowest BCUT2D eigenvalue weighted by molar-refractivity contribution is -0.128. The van der Waals surface area contributed by atoms with Gasteiger partial charge >= 0.3 is 0 Å². The largest absolute Gasteiger partial charge is 0.383 e. The zero-order chi connectivity index (χ0) is 26.5. The zero-order valence-corrected chi connectivity index (χ0v) is 21.8. The lowest BCUT2D eigenvalue weighted by Gasteiger charge is -2.16. The first-order valence-electron chi connectivity index (χ1n) is 11.9. The first-order valence-corrected chi connectivity index (χ1v) is 11.9. The number of aromatic nitrogens is 2. The minimum atomic E-state index is -0.678. The molecule has 1 fully saturated rings. The van der Waals surface area contributed by atoms with Crippen LogP contribution in [0, 0.1) is 19.3 Å². The van der Waals surface area contributed by atoms with Crippen molar-refractivity contribution >= 4 is 34.8 Å². The lowest BCUT2D eigenvalue weighted by atomic mass is 9.98. The van der Waals surface area contributed by atoms with Gasteiger partial charge in [-0.05, 0) is 62.5 Å². The predicted molar refractivity (Wildman–Crippen MR) is 143 cm³/mol. The Kier molecular flexibility index (Phi) is 12.4. The summed E-state index contributed by atoms with van der Waals surface area (Å²) >= 11 is 0. The van der Waals surface area contributed by atoms with Crippen LogP contribution in [0.15, 0.2) is 18.5 Å². The van der Waals surface area contributed by atoms with Crippen LogP contribution in [0.25, 0.3) is 0 Å². The van der Waals surface area contributed by atoms with E-state index in [-0.39, 0.29) is 29.5 Å². The second-order valence-electron chi connectivity index (χ2n) is 8.15. The Morgan fingerprint density at radius 3 is 2.06 bits per heavy atom. The first-order chi connectivity index (χ1) is 16.6. The van der Waals surface area contributed by atoms with Crippen LogP contribution in [-0.2, 0) is 16.0 Å². The minimum absolute atomic E-state index is 0.00225. The highest BCUT2D eigenvalue weighted by molar-refractivity contribution is 6.49. The third kappa shape index (κ3) is 8.64. The number of hydrogen-bond donors (Lipinski definition) is 5. The summed E-state index contributed by atoms with van der Waals surface area (Å²) in [5.74, 6) is -0.755. The number of hydrogen-bond acceptors (Lipinski definition) is 8. The summed E-state index contributed by atoms with van der Waals surface area (Å²) in [4.78, 5) is 33.5. The van der Waals surface area contributed by atoms with Gasteiger partial charge in [0.05, 0.1) is 12.0 Å². The molecule has 0 aliphatic carbocycles. The molecular formula is C25H40N8O2. The fourth-order valence-corrected chi connectivity index (χ4v) is 3.29. The third-order valence-electron chi connectivity index (χ3n) is 5.58. The van der Waals surface area contributed by atoms with Gasteiger partial charge < -0.3 is 27.0 Å². The molecule has 0 saturated carbocycles. The summed E-state index contributed by atoms with van der Waals surface area (Å²) in [6.45, 7) is 10.2. The van der Waals surface area contributed by atoms with Crippen molar-refractivity contribution in [1.82, 2.24) is 20.2 Å². The molecule has 35 heavy (non-hydrogen) atoms. The molecule has 1 aliphatic heterocycles. The number of nitrogens with zero attached hydrogens (tertiary/aromatic N) is 3. The van der Waals surface area contributed by atoms with Crippen LogP contribution in [0.3, 0.4) is 0 Å². The topological polar surface area (TPSA) is 163 Å². The summed E-state index contributed by atoms with van der Waals surface area (Å²) in [6, 6.07) is 3.50. The van der Waals surface area contributed by atoms with Crippen LogP contribution in [0.1, 0.15) is 55.4 Å². The molecule has 0 radical (unpaired) electrons. The molecule has 3 rings (SSSR count). The average Bonchev–Trinajstić information content (AvgIpc) is 2.86. The molecule has 0 unspecified atom stereocenters. The van der Waals surface area contributed by atoms with Crippen LogP contribution in [0.2, 0.25) is 0 Å². The molecule has 2 aromatic rings. The Morgan fingerprint density at radius 1 is 1.03 bits per heavy atom. The summed E-state index contributed by atoms with van der Waals surface area (Å²) in [5, 5.41) is 14.0. The molecule has 2 heterocycles. The van der Waals surface area contributed by atoms with Crippen molar-refractivity contribution in [3.05, 3.63) is 40.7 Å². The number of nitrogens with one attached hydrogen (secondary N) is 3. The van der Waals surface area contributed by atoms with E-state index in [1.807, 2.05) is 27.7 Å². The summed E-state index contributed by atoms with van der Waals surface area (Å²) in [7, 11) is 3.41. The maximum absolute atomic E-state index is 12.5. The fourth-order valence-electron chi connectivity index (χ4n) is 3.29. The van der Waals surface area contributed by atoms with E-state index in [4.69, 9.17) is 16.9 Å². The van der Waals surface area contributed by atoms with E-state index < -0.39 is 11.6 Å². The molecule has 0 bridgehead atoms. The van der Waals surface area contributed by atoms with Crippen LogP contribution in [-0.4, -0.2) is 59.6 Å². The van der Waals surface area contributed by atoms with Gasteiger partial charge in [-0.2, -0.15) is 0 Å².